The number of aromatic nitrogens is 4. The third-order valence-corrected chi connectivity index (χ3v) is 2.85. The fourth-order valence-corrected chi connectivity index (χ4v) is 1.77. The summed E-state index contributed by atoms with van der Waals surface area (Å²) < 4.78 is 3.92. The maximum Gasteiger partial charge on any atom is 0.0534 e. The molecule has 0 spiro atoms. The zero-order valence-electron chi connectivity index (χ0n) is 11.3. The van der Waals surface area contributed by atoms with E-state index in [0.29, 0.717) is 6.04 Å². The van der Waals surface area contributed by atoms with Crippen molar-refractivity contribution in [2.45, 2.75) is 46.4 Å². The van der Waals surface area contributed by atoms with E-state index in [1.807, 2.05) is 21.8 Å². The van der Waals surface area contributed by atoms with Crippen molar-refractivity contribution in [2.75, 3.05) is 0 Å². The molecule has 2 aromatic heterocycles. The van der Waals surface area contributed by atoms with Crippen LogP contribution in [0.5, 0.6) is 0 Å². The predicted molar refractivity (Wildman–Crippen MR) is 71.1 cm³/mol. The number of aryl methyl sites for hydroxylation is 1. The van der Waals surface area contributed by atoms with Crippen LogP contribution in [0, 0.1) is 0 Å². The molecule has 0 fully saturated rings. The predicted octanol–water partition coefficient (Wildman–Crippen LogP) is 1.97. The van der Waals surface area contributed by atoms with Gasteiger partial charge in [-0.05, 0) is 20.8 Å². The second-order valence-corrected chi connectivity index (χ2v) is 4.73. The Kier molecular flexibility index (Phi) is 4.15. The third-order valence-electron chi connectivity index (χ3n) is 2.85. The number of nitrogens with one attached hydrogen (secondary N) is 1. The molecule has 2 heterocycles. The number of hydrogen-bond acceptors (Lipinski definition) is 3. The first-order valence-electron chi connectivity index (χ1n) is 6.44. The second kappa shape index (κ2) is 5.82. The molecule has 2 rings (SSSR count). The van der Waals surface area contributed by atoms with Crippen LogP contribution in [0.15, 0.2) is 24.8 Å². The molecule has 5 nitrogen and oxygen atoms in total. The molecule has 5 heteroatoms. The monoisotopic (exact) mass is 247 g/mol. The van der Waals surface area contributed by atoms with Gasteiger partial charge in [-0.15, -0.1) is 0 Å². The van der Waals surface area contributed by atoms with Gasteiger partial charge in [0.25, 0.3) is 0 Å². The van der Waals surface area contributed by atoms with Gasteiger partial charge in [-0.2, -0.15) is 10.2 Å². The van der Waals surface area contributed by atoms with Crippen LogP contribution in [0.3, 0.4) is 0 Å². The zero-order chi connectivity index (χ0) is 13.0. The first-order chi connectivity index (χ1) is 8.69. The Morgan fingerprint density at radius 2 is 1.78 bits per heavy atom. The molecule has 0 aromatic carbocycles. The van der Waals surface area contributed by atoms with Gasteiger partial charge in [-0.3, -0.25) is 9.36 Å². The molecule has 0 radical (unpaired) electrons. The number of nitrogens with zero attached hydrogens (tertiary/aromatic N) is 4. The smallest absolute Gasteiger partial charge is 0.0534 e. The minimum atomic E-state index is 0.418. The van der Waals surface area contributed by atoms with Crippen LogP contribution in [0.2, 0.25) is 0 Å². The summed E-state index contributed by atoms with van der Waals surface area (Å²) >= 11 is 0. The molecule has 2 aromatic rings. The quantitative estimate of drug-likeness (QED) is 0.849. The van der Waals surface area contributed by atoms with Gasteiger partial charge in [0.1, 0.15) is 0 Å². The lowest BCUT2D eigenvalue weighted by Crippen LogP contribution is -2.11. The Labute approximate surface area is 108 Å². The van der Waals surface area contributed by atoms with Crippen molar-refractivity contribution in [2.24, 2.45) is 0 Å². The van der Waals surface area contributed by atoms with E-state index in [2.05, 4.69) is 48.7 Å². The highest BCUT2D eigenvalue weighted by molar-refractivity contribution is 5.06. The molecule has 0 bridgehead atoms. The van der Waals surface area contributed by atoms with Crippen molar-refractivity contribution >= 4 is 0 Å². The van der Waals surface area contributed by atoms with E-state index in [1.54, 1.807) is 0 Å². The summed E-state index contributed by atoms with van der Waals surface area (Å²) in [6.45, 7) is 8.94. The van der Waals surface area contributed by atoms with Gasteiger partial charge in [0.05, 0.1) is 12.4 Å². The first kappa shape index (κ1) is 12.8. The van der Waals surface area contributed by atoms with Crippen LogP contribution in [-0.2, 0) is 19.6 Å². The Morgan fingerprint density at radius 1 is 1.11 bits per heavy atom. The zero-order valence-corrected chi connectivity index (χ0v) is 11.3. The number of rotatable bonds is 6. The molecule has 0 unspecified atom stereocenters. The van der Waals surface area contributed by atoms with Crippen LogP contribution in [-0.4, -0.2) is 19.6 Å². The average Bonchev–Trinajstić information content (AvgIpc) is 2.97. The van der Waals surface area contributed by atoms with Crippen LogP contribution in [0.1, 0.15) is 37.9 Å². The largest absolute Gasteiger partial charge is 0.308 e. The van der Waals surface area contributed by atoms with Gasteiger partial charge >= 0.3 is 0 Å². The molecule has 0 aliphatic heterocycles. The average molecular weight is 247 g/mol. The van der Waals surface area contributed by atoms with Gasteiger partial charge in [-0.25, -0.2) is 0 Å². The standard InChI is InChI=1S/C13H21N5/c1-4-17-9-12(7-15-17)5-14-6-13-8-16-18(10-13)11(2)3/h7-11,14H,4-6H2,1-3H3. The summed E-state index contributed by atoms with van der Waals surface area (Å²) in [6.07, 6.45) is 7.99. The van der Waals surface area contributed by atoms with Crippen molar-refractivity contribution < 1.29 is 0 Å². The molecular weight excluding hydrogens is 226 g/mol. The minimum Gasteiger partial charge on any atom is -0.308 e. The minimum absolute atomic E-state index is 0.418. The SMILES string of the molecule is CCn1cc(CNCc2cnn(C(C)C)c2)cn1. The van der Waals surface area contributed by atoms with E-state index in [-0.39, 0.29) is 0 Å². The Hall–Kier alpha value is -1.62. The molecular formula is C13H21N5. The summed E-state index contributed by atoms with van der Waals surface area (Å²) in [7, 11) is 0. The van der Waals surface area contributed by atoms with Crippen LogP contribution >= 0.6 is 0 Å². The summed E-state index contributed by atoms with van der Waals surface area (Å²) in [5, 5.41) is 12.0. The number of hydrogen-bond donors (Lipinski definition) is 1. The second-order valence-electron chi connectivity index (χ2n) is 4.73. The fraction of sp³-hybridized carbons (Fsp3) is 0.538. The lowest BCUT2D eigenvalue weighted by atomic mass is 10.3. The Bertz CT molecular complexity index is 483. The van der Waals surface area contributed by atoms with Gasteiger partial charge in [-0.1, -0.05) is 0 Å². The van der Waals surface area contributed by atoms with Crippen LogP contribution in [0.4, 0.5) is 0 Å². The van der Waals surface area contributed by atoms with Crippen LogP contribution < -0.4 is 5.32 Å². The maximum atomic E-state index is 4.32. The highest BCUT2D eigenvalue weighted by Gasteiger charge is 2.02. The lowest BCUT2D eigenvalue weighted by Gasteiger charge is -2.03. The van der Waals surface area contributed by atoms with Crippen molar-refractivity contribution in [1.82, 2.24) is 24.9 Å². The molecule has 0 aliphatic rings. The van der Waals surface area contributed by atoms with Gasteiger partial charge in [0.15, 0.2) is 0 Å². The van der Waals surface area contributed by atoms with Crippen molar-refractivity contribution in [3.63, 3.8) is 0 Å². The van der Waals surface area contributed by atoms with Crippen molar-refractivity contribution in [3.05, 3.63) is 35.9 Å². The molecule has 98 valence electrons. The maximum absolute atomic E-state index is 4.32. The van der Waals surface area contributed by atoms with Crippen molar-refractivity contribution in [3.8, 4) is 0 Å². The van der Waals surface area contributed by atoms with E-state index in [1.165, 1.54) is 11.1 Å². The first-order valence-corrected chi connectivity index (χ1v) is 6.44. The molecule has 0 aliphatic carbocycles. The molecule has 0 saturated carbocycles. The van der Waals surface area contributed by atoms with Crippen molar-refractivity contribution in [1.29, 1.82) is 0 Å². The molecule has 0 amide bonds. The summed E-state index contributed by atoms with van der Waals surface area (Å²) in [4.78, 5) is 0. The molecule has 1 N–H and O–H groups in total. The summed E-state index contributed by atoms with van der Waals surface area (Å²) in [6, 6.07) is 0.418. The summed E-state index contributed by atoms with van der Waals surface area (Å²) in [5.74, 6) is 0. The molecule has 0 saturated heterocycles. The molecule has 0 atom stereocenters. The van der Waals surface area contributed by atoms with Gasteiger partial charge < -0.3 is 5.32 Å². The van der Waals surface area contributed by atoms with E-state index < -0.39 is 0 Å². The Balaban J connectivity index is 1.80. The fourth-order valence-electron chi connectivity index (χ4n) is 1.77. The molecule has 18 heavy (non-hydrogen) atoms. The van der Waals surface area contributed by atoms with E-state index in [9.17, 15) is 0 Å². The van der Waals surface area contributed by atoms with Crippen LogP contribution in [0.25, 0.3) is 0 Å². The Morgan fingerprint density at radius 3 is 2.33 bits per heavy atom. The lowest BCUT2D eigenvalue weighted by molar-refractivity contribution is 0.531. The highest BCUT2D eigenvalue weighted by atomic mass is 15.3. The normalized spacial score (nSPS) is 11.3. The third kappa shape index (κ3) is 3.20. The van der Waals surface area contributed by atoms with E-state index in [4.69, 9.17) is 0 Å². The van der Waals surface area contributed by atoms with E-state index in [0.717, 1.165) is 19.6 Å². The van der Waals surface area contributed by atoms with Gasteiger partial charge in [0.2, 0.25) is 0 Å². The summed E-state index contributed by atoms with van der Waals surface area (Å²) in [5.41, 5.74) is 2.43. The topological polar surface area (TPSA) is 47.7 Å². The highest BCUT2D eigenvalue weighted by Crippen LogP contribution is 2.05. The van der Waals surface area contributed by atoms with E-state index >= 15 is 0 Å². The van der Waals surface area contributed by atoms with Gasteiger partial charge in [0, 0.05) is 49.2 Å².